The van der Waals surface area contributed by atoms with Gasteiger partial charge in [-0.2, -0.15) is 0 Å². The zero-order valence-electron chi connectivity index (χ0n) is 17.8. The minimum Gasteiger partial charge on any atom is -0.481 e. The Kier molecular flexibility index (Phi) is 7.75. The Hall–Kier alpha value is -2.22. The van der Waals surface area contributed by atoms with Crippen molar-refractivity contribution in [1.29, 1.82) is 0 Å². The van der Waals surface area contributed by atoms with Crippen LogP contribution in [0, 0.1) is 12.7 Å². The van der Waals surface area contributed by atoms with Crippen molar-refractivity contribution in [2.45, 2.75) is 39.2 Å². The third-order valence-corrected chi connectivity index (χ3v) is 6.28. The van der Waals surface area contributed by atoms with Gasteiger partial charge in [-0.25, -0.2) is 4.39 Å². The first-order valence-electron chi connectivity index (χ1n) is 10.0. The second-order valence-corrected chi connectivity index (χ2v) is 9.63. The molecular formula is C25H23Br2FO4. The predicted molar refractivity (Wildman–Crippen MR) is 129 cm³/mol. The largest absolute Gasteiger partial charge is 0.481 e. The highest BCUT2D eigenvalue weighted by molar-refractivity contribution is 9.11. The van der Waals surface area contributed by atoms with Crippen LogP contribution in [0.1, 0.15) is 53.7 Å². The summed E-state index contributed by atoms with van der Waals surface area (Å²) in [6.07, 6.45) is -1.22. The molecule has 3 aromatic rings. The number of halogens is 3. The molecule has 0 saturated heterocycles. The van der Waals surface area contributed by atoms with Crippen molar-refractivity contribution in [3.63, 3.8) is 0 Å². The normalized spacial score (nSPS) is 12.1. The molecule has 3 aromatic carbocycles. The van der Waals surface area contributed by atoms with E-state index in [0.717, 1.165) is 11.1 Å². The summed E-state index contributed by atoms with van der Waals surface area (Å²) in [5, 5.41) is 20.1. The van der Waals surface area contributed by atoms with Crippen LogP contribution in [0.4, 0.5) is 4.39 Å². The van der Waals surface area contributed by atoms with Crippen LogP contribution in [-0.2, 0) is 11.2 Å². The summed E-state index contributed by atoms with van der Waals surface area (Å²) in [7, 11) is 0. The molecule has 1 unspecified atom stereocenters. The lowest BCUT2D eigenvalue weighted by Gasteiger charge is -2.22. The lowest BCUT2D eigenvalue weighted by Crippen LogP contribution is -2.06. The number of benzene rings is 3. The highest BCUT2D eigenvalue weighted by Crippen LogP contribution is 2.42. The monoisotopic (exact) mass is 564 g/mol. The van der Waals surface area contributed by atoms with Gasteiger partial charge in [0.2, 0.25) is 0 Å². The number of aliphatic carboxylic acids is 1. The molecule has 0 amide bonds. The van der Waals surface area contributed by atoms with Crippen LogP contribution in [0.2, 0.25) is 0 Å². The predicted octanol–water partition coefficient (Wildman–Crippen LogP) is 7.28. The fraction of sp³-hybridized carbons (Fsp3) is 0.240. The molecule has 32 heavy (non-hydrogen) atoms. The maximum Gasteiger partial charge on any atom is 0.307 e. The van der Waals surface area contributed by atoms with Crippen molar-refractivity contribution >= 4 is 37.8 Å². The minimum atomic E-state index is -1.09. The van der Waals surface area contributed by atoms with Crippen molar-refractivity contribution in [3.05, 3.63) is 91.1 Å². The third kappa shape index (κ3) is 5.57. The second kappa shape index (κ2) is 10.1. The van der Waals surface area contributed by atoms with Gasteiger partial charge in [0.15, 0.2) is 5.75 Å². The van der Waals surface area contributed by atoms with Gasteiger partial charge in [-0.3, -0.25) is 4.79 Å². The van der Waals surface area contributed by atoms with E-state index in [0.29, 0.717) is 37.1 Å². The first-order valence-corrected chi connectivity index (χ1v) is 11.6. The van der Waals surface area contributed by atoms with Gasteiger partial charge in [0.1, 0.15) is 17.7 Å². The quantitative estimate of drug-likeness (QED) is 0.316. The SMILES string of the molecule is Cc1cc(C(O)c2cccc(F)c2)c(Oc2c(Br)cc(CC(=O)O)cc2Br)cc1C(C)C. The smallest absolute Gasteiger partial charge is 0.307 e. The Morgan fingerprint density at radius 3 is 2.28 bits per heavy atom. The molecule has 0 heterocycles. The molecule has 0 aliphatic heterocycles. The number of carboxylic acids is 1. The van der Waals surface area contributed by atoms with E-state index < -0.39 is 17.9 Å². The summed E-state index contributed by atoms with van der Waals surface area (Å²) in [4.78, 5) is 11.1. The van der Waals surface area contributed by atoms with E-state index in [1.807, 2.05) is 19.1 Å². The Labute approximate surface area is 203 Å². The first kappa shape index (κ1) is 24.4. The zero-order chi connectivity index (χ0) is 23.6. The molecule has 0 saturated carbocycles. The number of hydrogen-bond acceptors (Lipinski definition) is 3. The molecule has 0 spiro atoms. The average Bonchev–Trinajstić information content (AvgIpc) is 2.70. The number of hydrogen-bond donors (Lipinski definition) is 2. The molecule has 0 radical (unpaired) electrons. The molecule has 0 bridgehead atoms. The van der Waals surface area contributed by atoms with Crippen molar-refractivity contribution in [3.8, 4) is 11.5 Å². The Bertz CT molecular complexity index is 1140. The summed E-state index contributed by atoms with van der Waals surface area (Å²) in [5.41, 5.74) is 3.58. The summed E-state index contributed by atoms with van der Waals surface area (Å²) >= 11 is 6.93. The van der Waals surface area contributed by atoms with Crippen molar-refractivity contribution < 1.29 is 24.1 Å². The number of aryl methyl sites for hydroxylation is 1. The standard InChI is InChI=1S/C25H23Br2FO4/c1-13(2)18-12-22(32-25-20(26)8-15(9-21(25)27)10-23(29)30)19(7-14(18)3)24(31)16-5-4-6-17(28)11-16/h4-9,11-13,24,31H,10H2,1-3H3,(H,29,30). The van der Waals surface area contributed by atoms with Crippen molar-refractivity contribution in [2.75, 3.05) is 0 Å². The van der Waals surface area contributed by atoms with E-state index in [-0.39, 0.29) is 12.3 Å². The number of ether oxygens (including phenoxy) is 1. The Balaban J connectivity index is 2.10. The molecule has 0 fully saturated rings. The fourth-order valence-electron chi connectivity index (χ4n) is 3.60. The van der Waals surface area contributed by atoms with E-state index in [2.05, 4.69) is 45.7 Å². The Morgan fingerprint density at radius 1 is 1.06 bits per heavy atom. The van der Waals surface area contributed by atoms with Crippen molar-refractivity contribution in [2.24, 2.45) is 0 Å². The minimum absolute atomic E-state index is 0.122. The number of carbonyl (C=O) groups is 1. The number of aliphatic hydroxyl groups excluding tert-OH is 1. The third-order valence-electron chi connectivity index (χ3n) is 5.10. The molecule has 0 aromatic heterocycles. The van der Waals surface area contributed by atoms with Gasteiger partial charge in [0, 0.05) is 5.56 Å². The molecule has 7 heteroatoms. The molecule has 4 nitrogen and oxygen atoms in total. The highest BCUT2D eigenvalue weighted by atomic mass is 79.9. The van der Waals surface area contributed by atoms with E-state index in [1.165, 1.54) is 12.1 Å². The number of rotatable bonds is 7. The lowest BCUT2D eigenvalue weighted by molar-refractivity contribution is -0.136. The van der Waals surface area contributed by atoms with Crippen LogP contribution in [0.15, 0.2) is 57.5 Å². The van der Waals surface area contributed by atoms with E-state index in [4.69, 9.17) is 9.84 Å². The number of aliphatic hydroxyl groups is 1. The van der Waals surface area contributed by atoms with Gasteiger partial charge in [0.05, 0.1) is 15.4 Å². The summed E-state index contributed by atoms with van der Waals surface area (Å²) in [6.45, 7) is 6.11. The van der Waals surface area contributed by atoms with E-state index >= 15 is 0 Å². The van der Waals surface area contributed by atoms with Crippen LogP contribution in [0.25, 0.3) is 0 Å². The van der Waals surface area contributed by atoms with Crippen LogP contribution in [-0.4, -0.2) is 16.2 Å². The molecule has 2 N–H and O–H groups in total. The summed E-state index contributed by atoms with van der Waals surface area (Å²) in [6, 6.07) is 13.0. The van der Waals surface area contributed by atoms with Gasteiger partial charge >= 0.3 is 5.97 Å². The maximum absolute atomic E-state index is 13.8. The maximum atomic E-state index is 13.8. The van der Waals surface area contributed by atoms with Gasteiger partial charge in [-0.15, -0.1) is 0 Å². The molecule has 3 rings (SSSR count). The molecule has 0 aliphatic carbocycles. The van der Waals surface area contributed by atoms with Crippen LogP contribution < -0.4 is 4.74 Å². The summed E-state index contributed by atoms with van der Waals surface area (Å²) in [5.74, 6) is -0.256. The van der Waals surface area contributed by atoms with Gasteiger partial charge in [-0.1, -0.05) is 26.0 Å². The topological polar surface area (TPSA) is 66.8 Å². The van der Waals surface area contributed by atoms with Gasteiger partial charge < -0.3 is 14.9 Å². The van der Waals surface area contributed by atoms with E-state index in [1.54, 1.807) is 24.3 Å². The van der Waals surface area contributed by atoms with Gasteiger partial charge in [-0.05, 0) is 103 Å². The van der Waals surface area contributed by atoms with E-state index in [9.17, 15) is 14.3 Å². The molecule has 1 atom stereocenters. The number of carboxylic acid groups (broad SMARTS) is 1. The highest BCUT2D eigenvalue weighted by Gasteiger charge is 2.22. The zero-order valence-corrected chi connectivity index (χ0v) is 21.0. The van der Waals surface area contributed by atoms with Crippen LogP contribution in [0.5, 0.6) is 11.5 Å². The molecule has 0 aliphatic rings. The van der Waals surface area contributed by atoms with Crippen LogP contribution in [0.3, 0.4) is 0 Å². The second-order valence-electron chi connectivity index (χ2n) is 7.92. The first-order chi connectivity index (χ1) is 15.1. The summed E-state index contributed by atoms with van der Waals surface area (Å²) < 4.78 is 21.2. The molecular weight excluding hydrogens is 543 g/mol. The van der Waals surface area contributed by atoms with Crippen molar-refractivity contribution in [1.82, 2.24) is 0 Å². The average molecular weight is 566 g/mol. The lowest BCUT2D eigenvalue weighted by atomic mass is 9.92. The fourth-order valence-corrected chi connectivity index (χ4v) is 5.05. The molecule has 168 valence electrons. The Morgan fingerprint density at radius 2 is 1.72 bits per heavy atom. The van der Waals surface area contributed by atoms with Gasteiger partial charge in [0.25, 0.3) is 0 Å². The van der Waals surface area contributed by atoms with Crippen LogP contribution >= 0.6 is 31.9 Å².